The molecular formula is C11H21NO2S2. The van der Waals surface area contributed by atoms with Gasteiger partial charge in [0.1, 0.15) is 10.2 Å². The van der Waals surface area contributed by atoms with E-state index in [1.54, 1.807) is 11.8 Å². The molecule has 0 aromatic carbocycles. The monoisotopic (exact) mass is 263 g/mol. The van der Waals surface area contributed by atoms with Gasteiger partial charge in [-0.1, -0.05) is 26.7 Å². The molecule has 0 spiro atoms. The average Bonchev–Trinajstić information content (AvgIpc) is 2.68. The van der Waals surface area contributed by atoms with Crippen molar-refractivity contribution in [3.63, 3.8) is 0 Å². The second kappa shape index (κ2) is 6.77. The summed E-state index contributed by atoms with van der Waals surface area (Å²) in [6, 6.07) is -0.191. The van der Waals surface area contributed by atoms with Gasteiger partial charge in [0.2, 0.25) is 0 Å². The Balaban J connectivity index is 2.23. The van der Waals surface area contributed by atoms with Crippen LogP contribution in [0.3, 0.4) is 0 Å². The first-order valence-corrected chi connectivity index (χ1v) is 7.35. The van der Waals surface area contributed by atoms with Gasteiger partial charge in [0.25, 0.3) is 0 Å². The molecule has 0 aliphatic carbocycles. The summed E-state index contributed by atoms with van der Waals surface area (Å²) in [5.41, 5.74) is 0. The number of carbonyl (C=O) groups is 1. The van der Waals surface area contributed by atoms with E-state index in [-0.39, 0.29) is 16.2 Å². The van der Waals surface area contributed by atoms with Gasteiger partial charge in [-0.15, -0.1) is 24.4 Å². The maximum atomic E-state index is 11.7. The fourth-order valence-electron chi connectivity index (χ4n) is 1.53. The van der Waals surface area contributed by atoms with E-state index < -0.39 is 0 Å². The van der Waals surface area contributed by atoms with E-state index >= 15 is 0 Å². The van der Waals surface area contributed by atoms with Gasteiger partial charge in [-0.2, -0.15) is 0 Å². The summed E-state index contributed by atoms with van der Waals surface area (Å²) >= 11 is 6.18. The third-order valence-electron chi connectivity index (χ3n) is 2.64. The molecule has 1 N–H and O–H groups in total. The van der Waals surface area contributed by atoms with Crippen molar-refractivity contribution in [3.05, 3.63) is 0 Å². The summed E-state index contributed by atoms with van der Waals surface area (Å²) in [6.45, 7) is 4.73. The topological polar surface area (TPSA) is 38.3 Å². The van der Waals surface area contributed by atoms with Gasteiger partial charge in [0.15, 0.2) is 0 Å². The van der Waals surface area contributed by atoms with Crippen LogP contribution in [0.4, 0.5) is 0 Å². The molecule has 1 fully saturated rings. The van der Waals surface area contributed by atoms with E-state index in [1.807, 2.05) is 0 Å². The number of thioether (sulfide) groups is 1. The number of nitrogens with one attached hydrogen (secondary N) is 1. The third kappa shape index (κ3) is 4.18. The predicted molar refractivity (Wildman–Crippen MR) is 71.9 cm³/mol. The average molecular weight is 263 g/mol. The van der Waals surface area contributed by atoms with Crippen LogP contribution in [0.1, 0.15) is 39.5 Å². The Hall–Kier alpha value is 0.130. The molecule has 1 aliphatic heterocycles. The molecule has 1 rings (SSSR count). The lowest BCUT2D eigenvalue weighted by atomic mass is 10.3. The molecule has 1 heterocycles. The minimum absolute atomic E-state index is 0.132. The lowest BCUT2D eigenvalue weighted by molar-refractivity contribution is -0.145. The highest BCUT2D eigenvalue weighted by Gasteiger charge is 2.38. The van der Waals surface area contributed by atoms with Crippen molar-refractivity contribution in [3.8, 4) is 0 Å². The van der Waals surface area contributed by atoms with Crippen LogP contribution in [0.25, 0.3) is 0 Å². The van der Waals surface area contributed by atoms with Crippen molar-refractivity contribution in [2.24, 2.45) is 0 Å². The Labute approximate surface area is 107 Å². The number of hydrogen-bond donors (Lipinski definition) is 2. The van der Waals surface area contributed by atoms with Crippen LogP contribution >= 0.6 is 24.4 Å². The van der Waals surface area contributed by atoms with Gasteiger partial charge >= 0.3 is 5.97 Å². The summed E-state index contributed by atoms with van der Waals surface area (Å²) in [5.74, 6) is 0.622. The minimum atomic E-state index is -0.257. The van der Waals surface area contributed by atoms with E-state index in [2.05, 4.69) is 31.8 Å². The summed E-state index contributed by atoms with van der Waals surface area (Å²) in [7, 11) is 0. The molecule has 2 unspecified atom stereocenters. The Kier molecular flexibility index (Phi) is 6.00. The molecule has 0 bridgehead atoms. The third-order valence-corrected chi connectivity index (χ3v) is 4.86. The first-order valence-electron chi connectivity index (χ1n) is 5.92. The standard InChI is InChI=1S/C11H21NO2S2/c1-3-5-6-7-14-10(13)9-8-16-11(15,4-2)12-9/h9,12,15H,3-8H2,1-2H3. The molecule has 0 aromatic rings. The number of ether oxygens (including phenoxy) is 1. The van der Waals surface area contributed by atoms with Crippen molar-refractivity contribution in [2.45, 2.75) is 49.8 Å². The van der Waals surface area contributed by atoms with Crippen LogP contribution in [0.2, 0.25) is 0 Å². The highest BCUT2D eigenvalue weighted by atomic mass is 32.2. The quantitative estimate of drug-likeness (QED) is 0.438. The fourth-order valence-corrected chi connectivity index (χ4v) is 3.00. The molecule has 1 saturated heterocycles. The number of carbonyl (C=O) groups excluding carboxylic acids is 1. The molecule has 16 heavy (non-hydrogen) atoms. The highest BCUT2D eigenvalue weighted by molar-refractivity contribution is 8.11. The smallest absolute Gasteiger partial charge is 0.324 e. The highest BCUT2D eigenvalue weighted by Crippen LogP contribution is 2.36. The minimum Gasteiger partial charge on any atom is -0.465 e. The van der Waals surface area contributed by atoms with Crippen molar-refractivity contribution in [1.29, 1.82) is 0 Å². The van der Waals surface area contributed by atoms with Crippen molar-refractivity contribution in [2.75, 3.05) is 12.4 Å². The lowest BCUT2D eigenvalue weighted by Gasteiger charge is -2.20. The van der Waals surface area contributed by atoms with E-state index in [1.165, 1.54) is 0 Å². The van der Waals surface area contributed by atoms with Gasteiger partial charge in [0, 0.05) is 5.75 Å². The molecule has 3 nitrogen and oxygen atoms in total. The van der Waals surface area contributed by atoms with Crippen LogP contribution in [0, 0.1) is 0 Å². The summed E-state index contributed by atoms with van der Waals surface area (Å²) < 4.78 is 4.96. The molecule has 0 radical (unpaired) electrons. The number of hydrogen-bond acceptors (Lipinski definition) is 5. The lowest BCUT2D eigenvalue weighted by Crippen LogP contribution is -2.42. The first kappa shape index (κ1) is 14.2. The second-order valence-electron chi connectivity index (χ2n) is 4.02. The molecule has 1 aliphatic rings. The van der Waals surface area contributed by atoms with E-state index in [0.29, 0.717) is 6.61 Å². The zero-order valence-electron chi connectivity index (χ0n) is 9.99. The van der Waals surface area contributed by atoms with Crippen LogP contribution in [0.5, 0.6) is 0 Å². The molecule has 2 atom stereocenters. The summed E-state index contributed by atoms with van der Waals surface area (Å²) in [6.07, 6.45) is 4.11. The largest absolute Gasteiger partial charge is 0.465 e. The fraction of sp³-hybridized carbons (Fsp3) is 0.909. The first-order chi connectivity index (χ1) is 7.61. The van der Waals surface area contributed by atoms with Crippen LogP contribution in [-0.2, 0) is 9.53 Å². The van der Waals surface area contributed by atoms with Gasteiger partial charge < -0.3 is 4.74 Å². The molecule has 94 valence electrons. The summed E-state index contributed by atoms with van der Waals surface area (Å²) in [4.78, 5) is 11.7. The van der Waals surface area contributed by atoms with E-state index in [9.17, 15) is 4.79 Å². The van der Waals surface area contributed by atoms with Gasteiger partial charge in [0.05, 0.1) is 6.61 Å². The van der Waals surface area contributed by atoms with Crippen molar-refractivity contribution >= 4 is 30.4 Å². The Bertz CT molecular complexity index is 238. The predicted octanol–water partition coefficient (Wildman–Crippen LogP) is 2.42. The van der Waals surface area contributed by atoms with Gasteiger partial charge in [-0.3, -0.25) is 10.1 Å². The second-order valence-corrected chi connectivity index (χ2v) is 6.41. The van der Waals surface area contributed by atoms with Gasteiger partial charge in [-0.05, 0) is 12.8 Å². The number of rotatable bonds is 6. The molecule has 0 saturated carbocycles. The number of esters is 1. The summed E-state index contributed by atoms with van der Waals surface area (Å²) in [5, 5.41) is 3.21. The van der Waals surface area contributed by atoms with Crippen LogP contribution in [-0.4, -0.2) is 28.6 Å². The zero-order chi connectivity index (χ0) is 12.0. The van der Waals surface area contributed by atoms with Crippen molar-refractivity contribution in [1.82, 2.24) is 5.32 Å². The Morgan fingerprint density at radius 2 is 2.31 bits per heavy atom. The van der Waals surface area contributed by atoms with Crippen LogP contribution in [0.15, 0.2) is 0 Å². The number of thiol groups is 1. The SMILES string of the molecule is CCCCCOC(=O)C1CSC(S)(CC)N1. The maximum Gasteiger partial charge on any atom is 0.324 e. The molecule has 0 amide bonds. The Morgan fingerprint density at radius 3 is 2.88 bits per heavy atom. The van der Waals surface area contributed by atoms with E-state index in [0.717, 1.165) is 31.4 Å². The van der Waals surface area contributed by atoms with E-state index in [4.69, 9.17) is 4.74 Å². The maximum absolute atomic E-state index is 11.7. The van der Waals surface area contributed by atoms with Gasteiger partial charge in [-0.25, -0.2) is 0 Å². The van der Waals surface area contributed by atoms with Crippen LogP contribution < -0.4 is 5.32 Å². The van der Waals surface area contributed by atoms with Crippen molar-refractivity contribution < 1.29 is 9.53 Å². The molecule has 5 heteroatoms. The zero-order valence-corrected chi connectivity index (χ0v) is 11.7. The normalized spacial score (nSPS) is 29.3. The Morgan fingerprint density at radius 1 is 1.56 bits per heavy atom. The molecule has 0 aromatic heterocycles. The number of unbranched alkanes of at least 4 members (excludes halogenated alkanes) is 2. The molecular weight excluding hydrogens is 242 g/mol.